The lowest BCUT2D eigenvalue weighted by molar-refractivity contribution is 0.101. The summed E-state index contributed by atoms with van der Waals surface area (Å²) in [5.41, 5.74) is 2.79. The summed E-state index contributed by atoms with van der Waals surface area (Å²) in [6.07, 6.45) is 1.51. The van der Waals surface area contributed by atoms with Gasteiger partial charge in [0, 0.05) is 23.5 Å². The van der Waals surface area contributed by atoms with Gasteiger partial charge in [-0.2, -0.15) is 5.26 Å². The van der Waals surface area contributed by atoms with Crippen molar-refractivity contribution in [2.24, 2.45) is 0 Å². The lowest BCUT2D eigenvalue weighted by Crippen LogP contribution is -2.12. The van der Waals surface area contributed by atoms with E-state index in [-0.39, 0.29) is 11.7 Å². The topological polar surface area (TPSA) is 95.0 Å². The molecule has 6 heteroatoms. The van der Waals surface area contributed by atoms with Crippen LogP contribution in [0.3, 0.4) is 0 Å². The monoisotopic (exact) mass is 359 g/mol. The van der Waals surface area contributed by atoms with E-state index in [2.05, 4.69) is 16.4 Å². The first-order chi connectivity index (χ1) is 13.0. The highest BCUT2D eigenvalue weighted by molar-refractivity contribution is 6.05. The van der Waals surface area contributed by atoms with Crippen LogP contribution in [0.15, 0.2) is 60.8 Å². The zero-order valence-corrected chi connectivity index (χ0v) is 14.7. The van der Waals surface area contributed by atoms with Crippen LogP contribution < -0.4 is 10.1 Å². The second kappa shape index (κ2) is 8.02. The number of nitriles is 1. The number of aromatic amines is 1. The van der Waals surface area contributed by atoms with Crippen molar-refractivity contribution >= 4 is 17.4 Å². The Labute approximate surface area is 156 Å². The molecule has 2 N–H and O–H groups in total. The standard InChI is InChI=1S/C21H17N3O3/c1-14(25)17-9-20(23-12-17)21(26)24-18-6-3-7-19(10-18)27-13-16-5-2-4-15(8-16)11-22/h2-10,12,23H,13H2,1H3,(H,24,26). The van der Waals surface area contributed by atoms with E-state index in [1.807, 2.05) is 6.07 Å². The summed E-state index contributed by atoms with van der Waals surface area (Å²) in [7, 11) is 0. The molecule has 0 radical (unpaired) electrons. The number of ketones is 1. The molecule has 0 aliphatic carbocycles. The fourth-order valence-electron chi connectivity index (χ4n) is 2.49. The van der Waals surface area contributed by atoms with E-state index in [4.69, 9.17) is 10.00 Å². The number of H-pyrrole nitrogens is 1. The van der Waals surface area contributed by atoms with Crippen molar-refractivity contribution in [3.63, 3.8) is 0 Å². The number of hydrogen-bond donors (Lipinski definition) is 2. The van der Waals surface area contributed by atoms with Gasteiger partial charge in [-0.3, -0.25) is 9.59 Å². The van der Waals surface area contributed by atoms with Crippen LogP contribution in [0.2, 0.25) is 0 Å². The minimum atomic E-state index is -0.346. The molecule has 0 saturated heterocycles. The Bertz CT molecular complexity index is 1030. The highest BCUT2D eigenvalue weighted by atomic mass is 16.5. The van der Waals surface area contributed by atoms with Gasteiger partial charge >= 0.3 is 0 Å². The highest BCUT2D eigenvalue weighted by Gasteiger charge is 2.11. The molecule has 3 rings (SSSR count). The number of carbonyl (C=O) groups is 2. The van der Waals surface area contributed by atoms with Gasteiger partial charge < -0.3 is 15.0 Å². The van der Waals surface area contributed by atoms with E-state index >= 15 is 0 Å². The van der Waals surface area contributed by atoms with Gasteiger partial charge in [0.25, 0.3) is 5.91 Å². The molecule has 6 nitrogen and oxygen atoms in total. The summed E-state index contributed by atoms with van der Waals surface area (Å²) in [5.74, 6) is 0.133. The Morgan fingerprint density at radius 3 is 2.70 bits per heavy atom. The number of rotatable bonds is 6. The van der Waals surface area contributed by atoms with E-state index in [1.165, 1.54) is 19.2 Å². The Kier molecular flexibility index (Phi) is 5.33. The summed E-state index contributed by atoms with van der Waals surface area (Å²) in [6.45, 7) is 1.75. The van der Waals surface area contributed by atoms with Crippen LogP contribution >= 0.6 is 0 Å². The number of hydrogen-bond acceptors (Lipinski definition) is 4. The van der Waals surface area contributed by atoms with Gasteiger partial charge in [0.1, 0.15) is 18.1 Å². The second-order valence-electron chi connectivity index (χ2n) is 5.94. The molecule has 0 aliphatic rings. The summed E-state index contributed by atoms with van der Waals surface area (Å²) < 4.78 is 5.74. The van der Waals surface area contributed by atoms with Crippen molar-refractivity contribution in [2.45, 2.75) is 13.5 Å². The molecular weight excluding hydrogens is 342 g/mol. The second-order valence-corrected chi connectivity index (χ2v) is 5.94. The average molecular weight is 359 g/mol. The molecule has 2 aromatic carbocycles. The van der Waals surface area contributed by atoms with E-state index in [1.54, 1.807) is 42.5 Å². The molecule has 134 valence electrons. The van der Waals surface area contributed by atoms with Gasteiger partial charge in [-0.15, -0.1) is 0 Å². The molecule has 1 aromatic heterocycles. The molecule has 0 aliphatic heterocycles. The molecule has 27 heavy (non-hydrogen) atoms. The van der Waals surface area contributed by atoms with Crippen LogP contribution in [-0.2, 0) is 6.61 Å². The molecule has 0 fully saturated rings. The van der Waals surface area contributed by atoms with Crippen LogP contribution in [-0.4, -0.2) is 16.7 Å². The maximum absolute atomic E-state index is 12.3. The number of nitrogens with zero attached hydrogens (tertiary/aromatic N) is 1. The smallest absolute Gasteiger partial charge is 0.272 e. The fraction of sp³-hybridized carbons (Fsp3) is 0.0952. The summed E-state index contributed by atoms with van der Waals surface area (Å²) in [6, 6.07) is 17.8. The lowest BCUT2D eigenvalue weighted by Gasteiger charge is -2.09. The van der Waals surface area contributed by atoms with Crippen molar-refractivity contribution in [2.75, 3.05) is 5.32 Å². The van der Waals surface area contributed by atoms with Gasteiger partial charge in [-0.25, -0.2) is 0 Å². The Hall–Kier alpha value is -3.85. The number of benzene rings is 2. The van der Waals surface area contributed by atoms with E-state index in [9.17, 15) is 9.59 Å². The molecule has 0 bridgehead atoms. The normalized spacial score (nSPS) is 10.1. The first kappa shape index (κ1) is 18.0. The molecular formula is C21H17N3O3. The van der Waals surface area contributed by atoms with Crippen LogP contribution in [0.4, 0.5) is 5.69 Å². The Balaban J connectivity index is 1.65. The van der Waals surface area contributed by atoms with Gasteiger partial charge in [0.05, 0.1) is 11.6 Å². The average Bonchev–Trinajstić information content (AvgIpc) is 3.18. The molecule has 0 unspecified atom stereocenters. The van der Waals surface area contributed by atoms with Gasteiger partial charge in [-0.1, -0.05) is 18.2 Å². The van der Waals surface area contributed by atoms with Crippen molar-refractivity contribution < 1.29 is 14.3 Å². The zero-order valence-electron chi connectivity index (χ0n) is 14.7. The number of nitrogens with one attached hydrogen (secondary N) is 2. The summed E-state index contributed by atoms with van der Waals surface area (Å²) in [5, 5.41) is 11.7. The number of amides is 1. The quantitative estimate of drug-likeness (QED) is 0.652. The molecule has 3 aromatic rings. The number of ether oxygens (including phenoxy) is 1. The van der Waals surface area contributed by atoms with E-state index < -0.39 is 0 Å². The maximum Gasteiger partial charge on any atom is 0.272 e. The molecule has 1 heterocycles. The third kappa shape index (κ3) is 4.61. The Morgan fingerprint density at radius 1 is 1.15 bits per heavy atom. The first-order valence-corrected chi connectivity index (χ1v) is 8.28. The van der Waals surface area contributed by atoms with Crippen molar-refractivity contribution in [1.82, 2.24) is 4.98 Å². The molecule has 0 atom stereocenters. The number of aromatic nitrogens is 1. The third-order valence-corrected chi connectivity index (χ3v) is 3.89. The third-order valence-electron chi connectivity index (χ3n) is 3.89. The number of anilines is 1. The SMILES string of the molecule is CC(=O)c1c[nH]c(C(=O)Nc2cccc(OCc3cccc(C#N)c3)c2)c1. The van der Waals surface area contributed by atoms with Gasteiger partial charge in [0.15, 0.2) is 5.78 Å². The summed E-state index contributed by atoms with van der Waals surface area (Å²) >= 11 is 0. The largest absolute Gasteiger partial charge is 0.489 e. The predicted octanol–water partition coefficient (Wildman–Crippen LogP) is 3.92. The maximum atomic E-state index is 12.3. The number of Topliss-reactive ketones (excluding diaryl/α,β-unsaturated/α-hetero) is 1. The van der Waals surface area contributed by atoms with E-state index in [0.717, 1.165) is 5.56 Å². The van der Waals surface area contributed by atoms with E-state index in [0.29, 0.717) is 34.9 Å². The lowest BCUT2D eigenvalue weighted by atomic mass is 10.1. The van der Waals surface area contributed by atoms with Crippen LogP contribution in [0, 0.1) is 11.3 Å². The first-order valence-electron chi connectivity index (χ1n) is 8.28. The highest BCUT2D eigenvalue weighted by Crippen LogP contribution is 2.19. The van der Waals surface area contributed by atoms with Crippen molar-refractivity contribution in [3.05, 3.63) is 83.2 Å². The minimum absolute atomic E-state index is 0.110. The predicted molar refractivity (Wildman–Crippen MR) is 101 cm³/mol. The van der Waals surface area contributed by atoms with Crippen LogP contribution in [0.5, 0.6) is 5.75 Å². The van der Waals surface area contributed by atoms with Crippen LogP contribution in [0.25, 0.3) is 0 Å². The van der Waals surface area contributed by atoms with Gasteiger partial charge in [0.2, 0.25) is 0 Å². The van der Waals surface area contributed by atoms with Gasteiger partial charge in [-0.05, 0) is 42.8 Å². The minimum Gasteiger partial charge on any atom is -0.489 e. The zero-order chi connectivity index (χ0) is 19.2. The fourth-order valence-corrected chi connectivity index (χ4v) is 2.49. The van der Waals surface area contributed by atoms with Crippen molar-refractivity contribution in [3.8, 4) is 11.8 Å². The Morgan fingerprint density at radius 2 is 1.96 bits per heavy atom. The summed E-state index contributed by atoms with van der Waals surface area (Å²) in [4.78, 5) is 26.4. The molecule has 0 saturated carbocycles. The molecule has 0 spiro atoms. The van der Waals surface area contributed by atoms with Crippen molar-refractivity contribution in [1.29, 1.82) is 5.26 Å². The molecule has 1 amide bonds. The van der Waals surface area contributed by atoms with Crippen LogP contribution in [0.1, 0.15) is 38.9 Å². The number of carbonyl (C=O) groups excluding carboxylic acids is 2.